The quantitative estimate of drug-likeness (QED) is 0.443. The van der Waals surface area contributed by atoms with Gasteiger partial charge in [-0.05, 0) is 67.4 Å². The molecule has 2 N–H and O–H groups in total. The number of nitrogens with one attached hydrogen (secondary N) is 2. The van der Waals surface area contributed by atoms with E-state index in [1.54, 1.807) is 38.2 Å². The number of pyridine rings is 1. The van der Waals surface area contributed by atoms with Gasteiger partial charge in [0.05, 0.1) is 16.4 Å². The summed E-state index contributed by atoms with van der Waals surface area (Å²) in [6.07, 6.45) is 0. The van der Waals surface area contributed by atoms with Crippen molar-refractivity contribution in [3.63, 3.8) is 0 Å². The molecule has 0 aliphatic carbocycles. The maximum Gasteiger partial charge on any atom is 0.254 e. The van der Waals surface area contributed by atoms with Crippen molar-refractivity contribution in [1.82, 2.24) is 4.57 Å². The molecule has 8 heteroatoms. The van der Waals surface area contributed by atoms with E-state index in [1.807, 2.05) is 12.1 Å². The molecule has 3 aromatic rings. The predicted molar refractivity (Wildman–Crippen MR) is 115 cm³/mol. The van der Waals surface area contributed by atoms with Crippen molar-refractivity contribution in [3.8, 4) is 0 Å². The highest BCUT2D eigenvalue weighted by Gasteiger charge is 2.13. The lowest BCUT2D eigenvalue weighted by atomic mass is 10.2. The third-order valence-electron chi connectivity index (χ3n) is 3.87. The van der Waals surface area contributed by atoms with E-state index in [0.717, 1.165) is 9.37 Å². The third-order valence-corrected chi connectivity index (χ3v) is 5.51. The maximum atomic E-state index is 13.1. The van der Waals surface area contributed by atoms with Gasteiger partial charge in [-0.1, -0.05) is 27.5 Å². The molecule has 1 aromatic heterocycles. The summed E-state index contributed by atoms with van der Waals surface area (Å²) in [5, 5.41) is 3.75. The molecular formula is C19H16BrClFN3OS. The second-order valence-electron chi connectivity index (χ2n) is 5.86. The van der Waals surface area contributed by atoms with Gasteiger partial charge in [0.1, 0.15) is 11.6 Å². The van der Waals surface area contributed by atoms with Gasteiger partial charge >= 0.3 is 0 Å². The highest BCUT2D eigenvalue weighted by molar-refractivity contribution is 9.10. The molecule has 0 saturated carbocycles. The van der Waals surface area contributed by atoms with E-state index in [4.69, 9.17) is 11.6 Å². The van der Waals surface area contributed by atoms with Crippen LogP contribution in [0.25, 0.3) is 0 Å². The molecular weight excluding hydrogens is 453 g/mol. The fourth-order valence-corrected chi connectivity index (χ4v) is 3.83. The zero-order valence-electron chi connectivity index (χ0n) is 14.5. The van der Waals surface area contributed by atoms with Crippen LogP contribution >= 0.6 is 39.5 Å². The van der Waals surface area contributed by atoms with Crippen LogP contribution in [0, 0.1) is 12.7 Å². The van der Waals surface area contributed by atoms with Gasteiger partial charge < -0.3 is 10.0 Å². The van der Waals surface area contributed by atoms with Crippen molar-refractivity contribution >= 4 is 56.7 Å². The highest BCUT2D eigenvalue weighted by atomic mass is 79.9. The van der Waals surface area contributed by atoms with Crippen molar-refractivity contribution in [2.75, 3.05) is 10.0 Å². The van der Waals surface area contributed by atoms with Gasteiger partial charge in [0, 0.05) is 22.0 Å². The molecule has 0 saturated heterocycles. The minimum atomic E-state index is -0.287. The average molecular weight is 469 g/mol. The van der Waals surface area contributed by atoms with Gasteiger partial charge in [-0.2, -0.15) is 0 Å². The molecule has 0 aliphatic rings. The average Bonchev–Trinajstić information content (AvgIpc) is 2.64. The summed E-state index contributed by atoms with van der Waals surface area (Å²) in [5.41, 5.74) is 1.88. The highest BCUT2D eigenvalue weighted by Crippen LogP contribution is 2.33. The number of nitrogens with zero attached hydrogens (tertiary/aromatic N) is 1. The summed E-state index contributed by atoms with van der Waals surface area (Å²) in [6.45, 7) is 1.76. The number of aryl methyl sites for hydroxylation is 1. The van der Waals surface area contributed by atoms with Crippen LogP contribution in [0.15, 0.2) is 62.7 Å². The number of anilines is 3. The number of hydrogen-bond acceptors (Lipinski definition) is 4. The second-order valence-corrected chi connectivity index (χ2v) is 8.06. The maximum absolute atomic E-state index is 13.1. The van der Waals surface area contributed by atoms with Gasteiger partial charge in [-0.15, -0.1) is 0 Å². The lowest BCUT2D eigenvalue weighted by Crippen LogP contribution is -2.22. The topological polar surface area (TPSA) is 46.1 Å². The molecule has 140 valence electrons. The van der Waals surface area contributed by atoms with Gasteiger partial charge in [-0.25, -0.2) is 4.39 Å². The Labute approximate surface area is 174 Å². The lowest BCUT2D eigenvalue weighted by Gasteiger charge is -2.18. The van der Waals surface area contributed by atoms with Crippen molar-refractivity contribution in [1.29, 1.82) is 0 Å². The largest absolute Gasteiger partial charge is 0.339 e. The van der Waals surface area contributed by atoms with Crippen molar-refractivity contribution in [3.05, 3.63) is 79.8 Å². The van der Waals surface area contributed by atoms with Gasteiger partial charge in [0.25, 0.3) is 5.56 Å². The first-order valence-electron chi connectivity index (χ1n) is 7.96. The van der Waals surface area contributed by atoms with Gasteiger partial charge in [-0.3, -0.25) is 9.36 Å². The van der Waals surface area contributed by atoms with Crippen LogP contribution in [0.4, 0.5) is 21.6 Å². The Balaban J connectivity index is 1.94. The number of rotatable bonds is 5. The fourth-order valence-electron chi connectivity index (χ4n) is 2.46. The number of aromatic nitrogens is 1. The summed E-state index contributed by atoms with van der Waals surface area (Å²) < 4.78 is 18.7. The Kier molecular flexibility index (Phi) is 6.14. The lowest BCUT2D eigenvalue weighted by molar-refractivity contribution is 0.626. The number of halogens is 3. The third kappa shape index (κ3) is 4.66. The Morgan fingerprint density at radius 1 is 1.11 bits per heavy atom. The molecule has 0 fully saturated rings. The van der Waals surface area contributed by atoms with E-state index in [9.17, 15) is 9.18 Å². The van der Waals surface area contributed by atoms with Crippen LogP contribution < -0.4 is 15.6 Å². The fraction of sp³-hybridized carbons (Fsp3) is 0.105. The van der Waals surface area contributed by atoms with Crippen LogP contribution in [-0.4, -0.2) is 4.57 Å². The molecule has 0 atom stereocenters. The first kappa shape index (κ1) is 19.8. The molecule has 2 aromatic carbocycles. The molecule has 0 spiro atoms. The molecule has 0 amide bonds. The standard InChI is InChI=1S/C19H16BrClFN3OS/c1-11-9-17(24-27-14-6-4-13(22)5-7-14)18(25(2)19(11)26)23-16-8-3-12(20)10-15(16)21/h3-10,23-24H,1-2H3. The summed E-state index contributed by atoms with van der Waals surface area (Å²) in [4.78, 5) is 13.2. The smallest absolute Gasteiger partial charge is 0.254 e. The molecule has 0 radical (unpaired) electrons. The normalized spacial score (nSPS) is 10.7. The first-order valence-corrected chi connectivity index (χ1v) is 9.95. The number of hydrogen-bond donors (Lipinski definition) is 2. The summed E-state index contributed by atoms with van der Waals surface area (Å²) in [6, 6.07) is 13.4. The van der Waals surface area contributed by atoms with Gasteiger partial charge in [0.15, 0.2) is 0 Å². The zero-order chi connectivity index (χ0) is 19.6. The van der Waals surface area contributed by atoms with E-state index in [-0.39, 0.29) is 11.4 Å². The summed E-state index contributed by atoms with van der Waals surface area (Å²) in [5.74, 6) is 0.286. The number of benzene rings is 2. The Morgan fingerprint density at radius 3 is 2.48 bits per heavy atom. The minimum Gasteiger partial charge on any atom is -0.339 e. The predicted octanol–water partition coefficient (Wildman–Crippen LogP) is 6.11. The van der Waals surface area contributed by atoms with E-state index >= 15 is 0 Å². The Morgan fingerprint density at radius 2 is 1.81 bits per heavy atom. The Hall–Kier alpha value is -1.96. The molecule has 1 heterocycles. The molecule has 4 nitrogen and oxygen atoms in total. The summed E-state index contributed by atoms with van der Waals surface area (Å²) in [7, 11) is 1.69. The molecule has 27 heavy (non-hydrogen) atoms. The van der Waals surface area contributed by atoms with Crippen LogP contribution in [0.3, 0.4) is 0 Å². The van der Waals surface area contributed by atoms with E-state index in [1.165, 1.54) is 28.6 Å². The zero-order valence-corrected chi connectivity index (χ0v) is 17.7. The first-order chi connectivity index (χ1) is 12.8. The van der Waals surface area contributed by atoms with Gasteiger partial charge in [0.2, 0.25) is 0 Å². The molecule has 0 aliphatic heterocycles. The monoisotopic (exact) mass is 467 g/mol. The molecule has 0 unspecified atom stereocenters. The van der Waals surface area contributed by atoms with Crippen LogP contribution in [-0.2, 0) is 7.05 Å². The van der Waals surface area contributed by atoms with Crippen LogP contribution in [0.5, 0.6) is 0 Å². The van der Waals surface area contributed by atoms with Crippen molar-refractivity contribution in [2.45, 2.75) is 11.8 Å². The van der Waals surface area contributed by atoms with Crippen molar-refractivity contribution in [2.24, 2.45) is 7.05 Å². The van der Waals surface area contributed by atoms with Crippen molar-refractivity contribution < 1.29 is 4.39 Å². The van der Waals surface area contributed by atoms with E-state index in [2.05, 4.69) is 26.0 Å². The Bertz CT molecular complexity index is 1040. The minimum absolute atomic E-state index is 0.108. The second kappa shape index (κ2) is 8.37. The van der Waals surface area contributed by atoms with Crippen LogP contribution in [0.2, 0.25) is 5.02 Å². The van der Waals surface area contributed by atoms with Crippen LogP contribution in [0.1, 0.15) is 5.56 Å². The molecule has 0 bridgehead atoms. The van der Waals surface area contributed by atoms with E-state index in [0.29, 0.717) is 27.8 Å². The van der Waals surface area contributed by atoms with E-state index < -0.39 is 0 Å². The SMILES string of the molecule is Cc1cc(NSc2ccc(F)cc2)c(Nc2ccc(Br)cc2Cl)n(C)c1=O. The molecule has 3 rings (SSSR count). The summed E-state index contributed by atoms with van der Waals surface area (Å²) >= 11 is 11.0.